The molecule has 0 spiro atoms. The minimum Gasteiger partial charge on any atom is -0.326 e. The highest BCUT2D eigenvalue weighted by molar-refractivity contribution is 5.83. The van der Waals surface area contributed by atoms with Crippen LogP contribution in [0, 0.1) is 5.92 Å². The van der Waals surface area contributed by atoms with Crippen LogP contribution in [0.1, 0.15) is 39.5 Å². The lowest BCUT2D eigenvalue weighted by Crippen LogP contribution is -2.32. The first-order valence-electron chi connectivity index (χ1n) is 4.31. The van der Waals surface area contributed by atoms with Crippen molar-refractivity contribution < 1.29 is 4.79 Å². The Kier molecular flexibility index (Phi) is 2.33. The molecule has 0 aliphatic heterocycles. The number of Topliss-reactive ketones (excluding diaryl/α,β-unsaturated/α-hetero) is 1. The molecule has 1 fully saturated rings. The fraction of sp³-hybridized carbons (Fsp3) is 0.889. The van der Waals surface area contributed by atoms with Crippen LogP contribution in [0.25, 0.3) is 0 Å². The molecule has 0 aromatic heterocycles. The van der Waals surface area contributed by atoms with Gasteiger partial charge in [-0.3, -0.25) is 4.79 Å². The van der Waals surface area contributed by atoms with Crippen LogP contribution in [0.3, 0.4) is 0 Å². The molecule has 0 heterocycles. The minimum absolute atomic E-state index is 0.176. The van der Waals surface area contributed by atoms with Crippen LogP contribution >= 0.6 is 0 Å². The second-order valence-corrected chi connectivity index (χ2v) is 4.23. The molecular formula is C9H17NO. The van der Waals surface area contributed by atoms with Gasteiger partial charge in [-0.1, -0.05) is 0 Å². The largest absolute Gasteiger partial charge is 0.326 e. The fourth-order valence-corrected chi connectivity index (χ4v) is 1.05. The lowest BCUT2D eigenvalue weighted by atomic mass is 9.97. The zero-order valence-electron chi connectivity index (χ0n) is 7.39. The van der Waals surface area contributed by atoms with Crippen molar-refractivity contribution in [1.82, 2.24) is 0 Å². The summed E-state index contributed by atoms with van der Waals surface area (Å²) in [5, 5.41) is 0. The Morgan fingerprint density at radius 1 is 1.55 bits per heavy atom. The molecule has 1 saturated carbocycles. The summed E-state index contributed by atoms with van der Waals surface area (Å²) in [5.74, 6) is 0.820. The maximum Gasteiger partial charge on any atom is 0.136 e. The Morgan fingerprint density at radius 2 is 2.09 bits per heavy atom. The monoisotopic (exact) mass is 155 g/mol. The lowest BCUT2D eigenvalue weighted by Gasteiger charge is -2.17. The Bertz CT molecular complexity index is 153. The average Bonchev–Trinajstić information content (AvgIpc) is 2.61. The first kappa shape index (κ1) is 8.72. The zero-order valence-corrected chi connectivity index (χ0v) is 7.39. The van der Waals surface area contributed by atoms with Crippen LogP contribution in [0.15, 0.2) is 0 Å². The van der Waals surface area contributed by atoms with E-state index in [0.29, 0.717) is 18.1 Å². The van der Waals surface area contributed by atoms with Gasteiger partial charge in [0, 0.05) is 17.9 Å². The molecule has 0 bridgehead atoms. The fourth-order valence-electron chi connectivity index (χ4n) is 1.05. The summed E-state index contributed by atoms with van der Waals surface area (Å²) in [6, 6.07) is 0. The van der Waals surface area contributed by atoms with E-state index in [0.717, 1.165) is 19.3 Å². The standard InChI is InChI=1S/C9H17NO/c1-9(2,10)6-5-8(11)7-3-4-7/h7H,3-6,10H2,1-2H3. The molecule has 2 nitrogen and oxygen atoms in total. The third-order valence-corrected chi connectivity index (χ3v) is 2.05. The quantitative estimate of drug-likeness (QED) is 0.668. The van der Waals surface area contributed by atoms with E-state index in [-0.39, 0.29) is 5.54 Å². The molecule has 1 aliphatic carbocycles. The Hall–Kier alpha value is -0.370. The van der Waals surface area contributed by atoms with Gasteiger partial charge in [-0.15, -0.1) is 0 Å². The molecule has 0 saturated heterocycles. The summed E-state index contributed by atoms with van der Waals surface area (Å²) in [6.07, 6.45) is 3.73. The summed E-state index contributed by atoms with van der Waals surface area (Å²) in [7, 11) is 0. The number of carbonyl (C=O) groups is 1. The first-order chi connectivity index (χ1) is 4.99. The van der Waals surface area contributed by atoms with Crippen molar-refractivity contribution in [2.24, 2.45) is 11.7 Å². The SMILES string of the molecule is CC(C)(N)CCC(=O)C1CC1. The third-order valence-electron chi connectivity index (χ3n) is 2.05. The van der Waals surface area contributed by atoms with Gasteiger partial charge in [0.2, 0.25) is 0 Å². The van der Waals surface area contributed by atoms with Gasteiger partial charge < -0.3 is 5.73 Å². The van der Waals surface area contributed by atoms with Crippen molar-refractivity contribution in [3.63, 3.8) is 0 Å². The molecule has 1 rings (SSSR count). The number of carbonyl (C=O) groups excluding carboxylic acids is 1. The molecule has 0 atom stereocenters. The molecule has 0 aromatic carbocycles. The minimum atomic E-state index is -0.176. The van der Waals surface area contributed by atoms with E-state index in [9.17, 15) is 4.79 Å². The van der Waals surface area contributed by atoms with Gasteiger partial charge in [0.1, 0.15) is 5.78 Å². The summed E-state index contributed by atoms with van der Waals surface area (Å²) in [4.78, 5) is 11.2. The molecule has 0 amide bonds. The smallest absolute Gasteiger partial charge is 0.136 e. The Balaban J connectivity index is 2.16. The summed E-state index contributed by atoms with van der Waals surface area (Å²) in [6.45, 7) is 3.93. The van der Waals surface area contributed by atoms with Crippen LogP contribution in [-0.4, -0.2) is 11.3 Å². The normalized spacial score (nSPS) is 18.5. The van der Waals surface area contributed by atoms with Crippen molar-refractivity contribution >= 4 is 5.78 Å². The zero-order chi connectivity index (χ0) is 8.48. The molecule has 1 aliphatic rings. The highest BCUT2D eigenvalue weighted by Crippen LogP contribution is 2.31. The molecule has 2 heteroatoms. The van der Waals surface area contributed by atoms with Gasteiger partial charge in [0.25, 0.3) is 0 Å². The number of ketones is 1. The van der Waals surface area contributed by atoms with Crippen molar-refractivity contribution in [3.8, 4) is 0 Å². The van der Waals surface area contributed by atoms with E-state index in [1.807, 2.05) is 13.8 Å². The second-order valence-electron chi connectivity index (χ2n) is 4.23. The summed E-state index contributed by atoms with van der Waals surface area (Å²) >= 11 is 0. The van der Waals surface area contributed by atoms with Gasteiger partial charge in [-0.2, -0.15) is 0 Å². The van der Waals surface area contributed by atoms with Crippen LogP contribution in [0.4, 0.5) is 0 Å². The number of nitrogens with two attached hydrogens (primary N) is 1. The van der Waals surface area contributed by atoms with Gasteiger partial charge in [0.05, 0.1) is 0 Å². The average molecular weight is 155 g/mol. The van der Waals surface area contributed by atoms with Crippen LogP contribution < -0.4 is 5.73 Å². The first-order valence-corrected chi connectivity index (χ1v) is 4.31. The molecule has 64 valence electrons. The van der Waals surface area contributed by atoms with Gasteiger partial charge in [-0.05, 0) is 33.1 Å². The number of rotatable bonds is 4. The van der Waals surface area contributed by atoms with Crippen molar-refractivity contribution in [3.05, 3.63) is 0 Å². The van der Waals surface area contributed by atoms with E-state index >= 15 is 0 Å². The molecule has 2 N–H and O–H groups in total. The molecule has 0 unspecified atom stereocenters. The Labute approximate surface area is 68.2 Å². The van der Waals surface area contributed by atoms with Gasteiger partial charge >= 0.3 is 0 Å². The van der Waals surface area contributed by atoms with Crippen molar-refractivity contribution in [1.29, 1.82) is 0 Å². The third kappa shape index (κ3) is 3.51. The summed E-state index contributed by atoms with van der Waals surface area (Å²) in [5.41, 5.74) is 5.58. The second kappa shape index (κ2) is 2.94. The van der Waals surface area contributed by atoms with E-state index in [1.54, 1.807) is 0 Å². The molecular weight excluding hydrogens is 138 g/mol. The topological polar surface area (TPSA) is 43.1 Å². The molecule has 0 radical (unpaired) electrons. The van der Waals surface area contributed by atoms with E-state index in [4.69, 9.17) is 5.73 Å². The Morgan fingerprint density at radius 3 is 2.45 bits per heavy atom. The van der Waals surface area contributed by atoms with Crippen LogP contribution in [-0.2, 0) is 4.79 Å². The van der Waals surface area contributed by atoms with Crippen molar-refractivity contribution in [2.45, 2.75) is 45.1 Å². The van der Waals surface area contributed by atoms with E-state index in [2.05, 4.69) is 0 Å². The van der Waals surface area contributed by atoms with Crippen LogP contribution in [0.5, 0.6) is 0 Å². The number of hydrogen-bond donors (Lipinski definition) is 1. The predicted octanol–water partition coefficient (Wildman–Crippen LogP) is 1.48. The molecule has 0 aromatic rings. The highest BCUT2D eigenvalue weighted by atomic mass is 16.1. The highest BCUT2D eigenvalue weighted by Gasteiger charge is 2.29. The maximum atomic E-state index is 11.2. The van der Waals surface area contributed by atoms with E-state index in [1.165, 1.54) is 0 Å². The predicted molar refractivity (Wildman–Crippen MR) is 45.2 cm³/mol. The van der Waals surface area contributed by atoms with Gasteiger partial charge in [-0.25, -0.2) is 0 Å². The lowest BCUT2D eigenvalue weighted by molar-refractivity contribution is -0.120. The van der Waals surface area contributed by atoms with Crippen LogP contribution in [0.2, 0.25) is 0 Å². The van der Waals surface area contributed by atoms with Gasteiger partial charge in [0.15, 0.2) is 0 Å². The van der Waals surface area contributed by atoms with Crippen molar-refractivity contribution in [2.75, 3.05) is 0 Å². The van der Waals surface area contributed by atoms with E-state index < -0.39 is 0 Å². The summed E-state index contributed by atoms with van der Waals surface area (Å²) < 4.78 is 0. The molecule has 11 heavy (non-hydrogen) atoms. The number of hydrogen-bond acceptors (Lipinski definition) is 2. The maximum absolute atomic E-state index is 11.2.